The first-order chi connectivity index (χ1) is 19.0. The quantitative estimate of drug-likeness (QED) is 0.246. The van der Waals surface area contributed by atoms with E-state index in [-0.39, 0.29) is 5.91 Å². The van der Waals surface area contributed by atoms with Gasteiger partial charge in [0.15, 0.2) is 16.6 Å². The van der Waals surface area contributed by atoms with Gasteiger partial charge in [0.25, 0.3) is 0 Å². The normalized spacial score (nSPS) is 10.6. The lowest BCUT2D eigenvalue weighted by Gasteiger charge is -2.24. The van der Waals surface area contributed by atoms with Gasteiger partial charge in [0, 0.05) is 36.3 Å². The van der Waals surface area contributed by atoms with Gasteiger partial charge in [-0.15, -0.1) is 0 Å². The number of thiocarbonyl (C=S) groups is 1. The molecule has 39 heavy (non-hydrogen) atoms. The van der Waals surface area contributed by atoms with Crippen LogP contribution in [0.4, 0.5) is 5.69 Å². The highest BCUT2D eigenvalue weighted by Crippen LogP contribution is 2.37. The number of ether oxygens (including phenoxy) is 4. The fourth-order valence-corrected chi connectivity index (χ4v) is 4.56. The number of benzene rings is 3. The molecule has 0 radical (unpaired) electrons. The number of aromatic nitrogens is 1. The van der Waals surface area contributed by atoms with Gasteiger partial charge >= 0.3 is 0 Å². The van der Waals surface area contributed by atoms with Gasteiger partial charge in [-0.05, 0) is 73.6 Å². The summed E-state index contributed by atoms with van der Waals surface area (Å²) in [6, 6.07) is 20.7. The Bertz CT molecular complexity index is 1460. The molecule has 9 heteroatoms. The monoisotopic (exact) mass is 545 g/mol. The molecular formula is C30H31N3O5S. The number of nitrogens with one attached hydrogen (secondary N) is 1. The molecule has 0 saturated carbocycles. The molecule has 0 fully saturated rings. The maximum absolute atomic E-state index is 12.6. The fraction of sp³-hybridized carbons (Fsp3) is 0.233. The van der Waals surface area contributed by atoms with Crippen LogP contribution in [0.1, 0.15) is 18.9 Å². The largest absolute Gasteiger partial charge is 0.496 e. The molecule has 0 aliphatic heterocycles. The van der Waals surface area contributed by atoms with Crippen molar-refractivity contribution in [3.63, 3.8) is 0 Å². The van der Waals surface area contributed by atoms with Crippen molar-refractivity contribution in [3.8, 4) is 28.7 Å². The fourth-order valence-electron chi connectivity index (χ4n) is 4.21. The SMILES string of the molecule is CCN(C(=S)NC(=O)CCc1ccccc1OC)c1ccc(Oc2ccnc3cc(OC)c(OC)cc23)cc1. The van der Waals surface area contributed by atoms with Crippen LogP contribution in [0.25, 0.3) is 10.9 Å². The predicted octanol–water partition coefficient (Wildman–Crippen LogP) is 5.91. The highest BCUT2D eigenvalue weighted by molar-refractivity contribution is 7.80. The van der Waals surface area contributed by atoms with Gasteiger partial charge in [0.05, 0.1) is 26.8 Å². The maximum atomic E-state index is 12.6. The number of hydrogen-bond donors (Lipinski definition) is 1. The van der Waals surface area contributed by atoms with Crippen molar-refractivity contribution in [1.29, 1.82) is 0 Å². The second-order valence-corrected chi connectivity index (χ2v) is 8.93. The predicted molar refractivity (Wildman–Crippen MR) is 156 cm³/mol. The van der Waals surface area contributed by atoms with Crippen LogP contribution >= 0.6 is 12.2 Å². The van der Waals surface area contributed by atoms with Crippen LogP contribution in [0.2, 0.25) is 0 Å². The number of amides is 1. The zero-order chi connectivity index (χ0) is 27.8. The topological polar surface area (TPSA) is 82.2 Å². The highest BCUT2D eigenvalue weighted by atomic mass is 32.1. The zero-order valence-electron chi connectivity index (χ0n) is 22.4. The van der Waals surface area contributed by atoms with Crippen LogP contribution in [0, 0.1) is 0 Å². The molecule has 4 aromatic rings. The Balaban J connectivity index is 1.42. The van der Waals surface area contributed by atoms with E-state index in [1.54, 1.807) is 33.6 Å². The van der Waals surface area contributed by atoms with Gasteiger partial charge in [-0.1, -0.05) is 18.2 Å². The van der Waals surface area contributed by atoms with E-state index in [4.69, 9.17) is 31.2 Å². The summed E-state index contributed by atoms with van der Waals surface area (Å²) < 4.78 is 22.4. The van der Waals surface area contributed by atoms with Crippen LogP contribution in [-0.4, -0.2) is 43.9 Å². The molecule has 0 atom stereocenters. The van der Waals surface area contributed by atoms with Gasteiger partial charge < -0.3 is 29.2 Å². The Morgan fingerprint density at radius 1 is 0.897 bits per heavy atom. The summed E-state index contributed by atoms with van der Waals surface area (Å²) in [5, 5.41) is 3.99. The Morgan fingerprint density at radius 2 is 1.59 bits per heavy atom. The Labute approximate surface area is 233 Å². The average Bonchev–Trinajstić information content (AvgIpc) is 2.96. The molecular weight excluding hydrogens is 514 g/mol. The van der Waals surface area contributed by atoms with Gasteiger partial charge in [0.1, 0.15) is 17.2 Å². The van der Waals surface area contributed by atoms with Crippen molar-refractivity contribution < 1.29 is 23.7 Å². The number of carbonyl (C=O) groups excluding carboxylic acids is 1. The third kappa shape index (κ3) is 6.56. The van der Waals surface area contributed by atoms with E-state index in [0.29, 0.717) is 47.5 Å². The van der Waals surface area contributed by atoms with E-state index in [0.717, 1.165) is 27.9 Å². The molecule has 1 N–H and O–H groups in total. The number of hydrogen-bond acceptors (Lipinski definition) is 7. The second kappa shape index (κ2) is 12.9. The number of nitrogens with zero attached hydrogens (tertiary/aromatic N) is 2. The average molecular weight is 546 g/mol. The number of para-hydroxylation sites is 1. The molecule has 0 unspecified atom stereocenters. The Morgan fingerprint density at radius 3 is 2.28 bits per heavy atom. The molecule has 8 nitrogen and oxygen atoms in total. The van der Waals surface area contributed by atoms with Gasteiger partial charge in [-0.2, -0.15) is 0 Å². The lowest BCUT2D eigenvalue weighted by atomic mass is 10.1. The molecule has 3 aromatic carbocycles. The molecule has 0 aliphatic carbocycles. The number of carbonyl (C=O) groups is 1. The molecule has 1 aromatic heterocycles. The number of methoxy groups -OCH3 is 3. The minimum absolute atomic E-state index is 0.152. The molecule has 202 valence electrons. The lowest BCUT2D eigenvalue weighted by Crippen LogP contribution is -2.42. The van der Waals surface area contributed by atoms with E-state index in [1.807, 2.05) is 72.5 Å². The minimum atomic E-state index is -0.152. The van der Waals surface area contributed by atoms with Crippen LogP contribution in [0.5, 0.6) is 28.7 Å². The van der Waals surface area contributed by atoms with Crippen molar-refractivity contribution in [2.24, 2.45) is 0 Å². The van der Waals surface area contributed by atoms with E-state index in [9.17, 15) is 4.79 Å². The Kier molecular flexibility index (Phi) is 9.17. The molecule has 0 bridgehead atoms. The third-order valence-electron chi connectivity index (χ3n) is 6.20. The zero-order valence-corrected chi connectivity index (χ0v) is 23.2. The summed E-state index contributed by atoms with van der Waals surface area (Å²) >= 11 is 5.56. The smallest absolute Gasteiger partial charge is 0.226 e. The summed E-state index contributed by atoms with van der Waals surface area (Å²) in [5.74, 6) is 3.09. The first-order valence-electron chi connectivity index (χ1n) is 12.5. The maximum Gasteiger partial charge on any atom is 0.226 e. The van der Waals surface area contributed by atoms with E-state index >= 15 is 0 Å². The summed E-state index contributed by atoms with van der Waals surface area (Å²) in [5.41, 5.74) is 2.54. The number of anilines is 1. The molecule has 0 saturated heterocycles. The van der Waals surface area contributed by atoms with Gasteiger partial charge in [0.2, 0.25) is 5.91 Å². The molecule has 0 spiro atoms. The second-order valence-electron chi connectivity index (χ2n) is 8.54. The number of fused-ring (bicyclic) bond motifs is 1. The summed E-state index contributed by atoms with van der Waals surface area (Å²) in [4.78, 5) is 18.9. The third-order valence-corrected chi connectivity index (χ3v) is 6.53. The Hall–Kier alpha value is -4.37. The number of rotatable bonds is 10. The van der Waals surface area contributed by atoms with Gasteiger partial charge in [-0.25, -0.2) is 0 Å². The number of pyridine rings is 1. The van der Waals surface area contributed by atoms with Crippen LogP contribution in [0.3, 0.4) is 0 Å². The summed E-state index contributed by atoms with van der Waals surface area (Å²) in [7, 11) is 4.80. The van der Waals surface area contributed by atoms with Crippen molar-refractivity contribution in [2.75, 3.05) is 32.8 Å². The summed E-state index contributed by atoms with van der Waals surface area (Å²) in [6.45, 7) is 2.56. The van der Waals surface area contributed by atoms with E-state index in [2.05, 4.69) is 10.3 Å². The van der Waals surface area contributed by atoms with Crippen LogP contribution in [0.15, 0.2) is 72.9 Å². The molecule has 1 amide bonds. The first kappa shape index (κ1) is 27.7. The van der Waals surface area contributed by atoms with Crippen molar-refractivity contribution in [2.45, 2.75) is 19.8 Å². The molecule has 1 heterocycles. The number of aryl methyl sites for hydroxylation is 1. The standard InChI is InChI=1S/C30H31N3O5S/c1-5-33(30(39)32-29(34)15-10-20-8-6-7-9-25(20)35-2)21-11-13-22(14-12-21)38-26-16-17-31-24-19-28(37-4)27(36-3)18-23(24)26/h6-9,11-14,16-19H,5,10,15H2,1-4H3,(H,32,34,39). The van der Waals surface area contributed by atoms with Crippen molar-refractivity contribution in [3.05, 3.63) is 78.5 Å². The molecule has 0 aliphatic rings. The van der Waals surface area contributed by atoms with Crippen molar-refractivity contribution in [1.82, 2.24) is 10.3 Å². The molecule has 4 rings (SSSR count). The van der Waals surface area contributed by atoms with Crippen molar-refractivity contribution >= 4 is 39.8 Å². The van der Waals surface area contributed by atoms with Crippen LogP contribution < -0.4 is 29.2 Å². The van der Waals surface area contributed by atoms with Gasteiger partial charge in [-0.3, -0.25) is 9.78 Å². The first-order valence-corrected chi connectivity index (χ1v) is 12.9. The summed E-state index contributed by atoms with van der Waals surface area (Å²) in [6.07, 6.45) is 2.53. The minimum Gasteiger partial charge on any atom is -0.496 e. The van der Waals surface area contributed by atoms with E-state index in [1.165, 1.54) is 0 Å². The van der Waals surface area contributed by atoms with Crippen LogP contribution in [-0.2, 0) is 11.2 Å². The highest BCUT2D eigenvalue weighted by Gasteiger charge is 2.15. The van der Waals surface area contributed by atoms with E-state index < -0.39 is 0 Å². The lowest BCUT2D eigenvalue weighted by molar-refractivity contribution is -0.119.